The number of aromatic nitrogens is 2. The highest BCUT2D eigenvalue weighted by Crippen LogP contribution is 2.39. The van der Waals surface area contributed by atoms with Crippen molar-refractivity contribution in [1.29, 1.82) is 5.26 Å². The minimum absolute atomic E-state index is 0.214. The van der Waals surface area contributed by atoms with Gasteiger partial charge in [0.1, 0.15) is 0 Å². The third kappa shape index (κ3) is 5.50. The van der Waals surface area contributed by atoms with Crippen LogP contribution in [0.15, 0.2) is 89.5 Å². The molecule has 3 aromatic carbocycles. The number of benzene rings is 3. The lowest BCUT2D eigenvalue weighted by molar-refractivity contribution is 0.246. The van der Waals surface area contributed by atoms with E-state index >= 15 is 0 Å². The first-order valence-electron chi connectivity index (χ1n) is 12.5. The van der Waals surface area contributed by atoms with Crippen LogP contribution in [0.3, 0.4) is 0 Å². The van der Waals surface area contributed by atoms with Gasteiger partial charge in [0.15, 0.2) is 0 Å². The van der Waals surface area contributed by atoms with Crippen LogP contribution in [0.5, 0.6) is 0 Å². The lowest BCUT2D eigenvalue weighted by atomic mass is 9.78. The highest BCUT2D eigenvalue weighted by molar-refractivity contribution is 5.55. The molecule has 0 saturated carbocycles. The van der Waals surface area contributed by atoms with Gasteiger partial charge in [-0.05, 0) is 80.1 Å². The second-order valence-corrected chi connectivity index (χ2v) is 9.29. The minimum Gasteiger partial charge on any atom is -0.339 e. The van der Waals surface area contributed by atoms with Gasteiger partial charge in [-0.2, -0.15) is 10.2 Å². The van der Waals surface area contributed by atoms with Crippen LogP contribution in [-0.2, 0) is 0 Å². The number of nitrogens with zero attached hydrogens (tertiary/aromatic N) is 3. The Morgan fingerprint density at radius 3 is 2.09 bits per heavy atom. The number of hydrogen-bond donors (Lipinski definition) is 1. The SMILES string of the molecule is N#Cc1ccc(-c2noc(C(CCC(c3ccccc3)c3ccccc3)C3CCNCC3)n2)cc1. The molecule has 35 heavy (non-hydrogen) atoms. The van der Waals surface area contributed by atoms with E-state index in [9.17, 15) is 0 Å². The zero-order chi connectivity index (χ0) is 23.9. The van der Waals surface area contributed by atoms with Gasteiger partial charge in [0, 0.05) is 17.4 Å². The summed E-state index contributed by atoms with van der Waals surface area (Å²) in [5, 5.41) is 16.9. The van der Waals surface area contributed by atoms with Gasteiger partial charge in [0.25, 0.3) is 0 Å². The maximum absolute atomic E-state index is 9.08. The van der Waals surface area contributed by atoms with E-state index in [-0.39, 0.29) is 5.92 Å². The summed E-state index contributed by atoms with van der Waals surface area (Å²) >= 11 is 0. The topological polar surface area (TPSA) is 74.7 Å². The summed E-state index contributed by atoms with van der Waals surface area (Å²) < 4.78 is 5.89. The fourth-order valence-corrected chi connectivity index (χ4v) is 5.25. The first kappa shape index (κ1) is 23.0. The summed E-state index contributed by atoms with van der Waals surface area (Å²) in [6.07, 6.45) is 4.21. The van der Waals surface area contributed by atoms with Crippen molar-refractivity contribution >= 4 is 0 Å². The molecule has 176 valence electrons. The maximum atomic E-state index is 9.08. The predicted molar refractivity (Wildman–Crippen MR) is 137 cm³/mol. The molecule has 1 aliphatic heterocycles. The molecule has 1 aliphatic rings. The van der Waals surface area contributed by atoms with E-state index in [1.165, 1.54) is 11.1 Å². The monoisotopic (exact) mass is 462 g/mol. The Kier molecular flexibility index (Phi) is 7.31. The third-order valence-corrected chi connectivity index (χ3v) is 7.15. The highest BCUT2D eigenvalue weighted by atomic mass is 16.5. The lowest BCUT2D eigenvalue weighted by Gasteiger charge is -2.30. The van der Waals surface area contributed by atoms with Crippen molar-refractivity contribution in [3.8, 4) is 17.5 Å². The molecule has 0 amide bonds. The van der Waals surface area contributed by atoms with Gasteiger partial charge >= 0.3 is 0 Å². The summed E-state index contributed by atoms with van der Waals surface area (Å²) in [6, 6.07) is 31.1. The molecule has 2 heterocycles. The summed E-state index contributed by atoms with van der Waals surface area (Å²) in [7, 11) is 0. The van der Waals surface area contributed by atoms with E-state index in [1.807, 2.05) is 12.1 Å². The highest BCUT2D eigenvalue weighted by Gasteiger charge is 2.31. The summed E-state index contributed by atoms with van der Waals surface area (Å²) in [6.45, 7) is 2.05. The van der Waals surface area contributed by atoms with Crippen molar-refractivity contribution in [2.75, 3.05) is 13.1 Å². The van der Waals surface area contributed by atoms with Crippen LogP contribution in [0.2, 0.25) is 0 Å². The van der Waals surface area contributed by atoms with E-state index in [0.29, 0.717) is 23.2 Å². The third-order valence-electron chi connectivity index (χ3n) is 7.15. The van der Waals surface area contributed by atoms with Gasteiger partial charge in [0.2, 0.25) is 11.7 Å². The van der Waals surface area contributed by atoms with Crippen LogP contribution >= 0.6 is 0 Å². The molecule has 0 spiro atoms. The van der Waals surface area contributed by atoms with E-state index in [0.717, 1.165) is 50.2 Å². The number of nitrogens with one attached hydrogen (secondary N) is 1. The largest absolute Gasteiger partial charge is 0.339 e. The Bertz CT molecular complexity index is 1200. The molecule has 0 radical (unpaired) electrons. The molecule has 0 aliphatic carbocycles. The van der Waals surface area contributed by atoms with Crippen molar-refractivity contribution in [3.05, 3.63) is 108 Å². The molecular formula is C30H30N4O. The zero-order valence-electron chi connectivity index (χ0n) is 19.8. The molecule has 1 saturated heterocycles. The molecule has 4 aromatic rings. The first-order chi connectivity index (χ1) is 17.3. The molecule has 1 unspecified atom stereocenters. The van der Waals surface area contributed by atoms with Crippen molar-refractivity contribution in [1.82, 2.24) is 15.5 Å². The molecule has 5 nitrogen and oxygen atoms in total. The second kappa shape index (κ2) is 11.1. The average molecular weight is 463 g/mol. The summed E-state index contributed by atoms with van der Waals surface area (Å²) in [5.74, 6) is 2.37. The molecule has 1 atom stereocenters. The number of nitriles is 1. The zero-order valence-corrected chi connectivity index (χ0v) is 19.8. The molecule has 5 rings (SSSR count). The van der Waals surface area contributed by atoms with Crippen LogP contribution in [0.4, 0.5) is 0 Å². The quantitative estimate of drug-likeness (QED) is 0.332. The smallest absolute Gasteiger partial charge is 0.230 e. The van der Waals surface area contributed by atoms with Gasteiger partial charge in [0.05, 0.1) is 11.6 Å². The number of piperidine rings is 1. The van der Waals surface area contributed by atoms with Crippen LogP contribution < -0.4 is 5.32 Å². The Morgan fingerprint density at radius 1 is 0.857 bits per heavy atom. The van der Waals surface area contributed by atoms with E-state index in [4.69, 9.17) is 14.8 Å². The molecular weight excluding hydrogens is 432 g/mol. The Hall–Kier alpha value is -3.75. The van der Waals surface area contributed by atoms with E-state index < -0.39 is 0 Å². The second-order valence-electron chi connectivity index (χ2n) is 9.29. The van der Waals surface area contributed by atoms with Gasteiger partial charge < -0.3 is 9.84 Å². The molecule has 1 aromatic heterocycles. The van der Waals surface area contributed by atoms with Gasteiger partial charge in [-0.25, -0.2) is 0 Å². The van der Waals surface area contributed by atoms with Crippen molar-refractivity contribution in [2.24, 2.45) is 5.92 Å². The van der Waals surface area contributed by atoms with Crippen LogP contribution in [-0.4, -0.2) is 23.2 Å². The summed E-state index contributed by atoms with van der Waals surface area (Å²) in [4.78, 5) is 4.85. The van der Waals surface area contributed by atoms with E-state index in [2.05, 4.69) is 77.2 Å². The molecule has 1 fully saturated rings. The fraction of sp³-hybridized carbons (Fsp3) is 0.300. The Labute approximate surface area is 206 Å². The molecule has 1 N–H and O–H groups in total. The predicted octanol–water partition coefficient (Wildman–Crippen LogP) is 6.30. The maximum Gasteiger partial charge on any atom is 0.230 e. The number of rotatable bonds is 8. The lowest BCUT2D eigenvalue weighted by Crippen LogP contribution is -2.31. The van der Waals surface area contributed by atoms with Crippen LogP contribution in [0.1, 0.15) is 60.1 Å². The van der Waals surface area contributed by atoms with E-state index in [1.54, 1.807) is 12.1 Å². The first-order valence-corrected chi connectivity index (χ1v) is 12.5. The Balaban J connectivity index is 1.41. The van der Waals surface area contributed by atoms with Crippen molar-refractivity contribution in [3.63, 3.8) is 0 Å². The summed E-state index contributed by atoms with van der Waals surface area (Å²) in [5.41, 5.74) is 4.17. The van der Waals surface area contributed by atoms with Crippen molar-refractivity contribution in [2.45, 2.75) is 37.5 Å². The van der Waals surface area contributed by atoms with Crippen LogP contribution in [0.25, 0.3) is 11.4 Å². The Morgan fingerprint density at radius 2 is 1.49 bits per heavy atom. The molecule has 0 bridgehead atoms. The van der Waals surface area contributed by atoms with Crippen molar-refractivity contribution < 1.29 is 4.52 Å². The normalized spacial score (nSPS) is 15.1. The van der Waals surface area contributed by atoms with Gasteiger partial charge in [-0.1, -0.05) is 65.8 Å². The standard InChI is InChI=1S/C30H30N4O/c31-21-22-11-13-26(14-12-22)29-33-30(35-34-29)28(25-17-19-32-20-18-25)16-15-27(23-7-3-1-4-8-23)24-9-5-2-6-10-24/h1-14,25,27-28,32H,15-20H2. The number of hydrogen-bond acceptors (Lipinski definition) is 5. The molecule has 5 heteroatoms. The average Bonchev–Trinajstić information content (AvgIpc) is 3.42. The van der Waals surface area contributed by atoms with Gasteiger partial charge in [-0.15, -0.1) is 0 Å². The van der Waals surface area contributed by atoms with Gasteiger partial charge in [-0.3, -0.25) is 0 Å². The fourth-order valence-electron chi connectivity index (χ4n) is 5.25. The minimum atomic E-state index is 0.214. The van der Waals surface area contributed by atoms with Crippen LogP contribution in [0, 0.1) is 17.2 Å².